The molecule has 0 unspecified atom stereocenters. The van der Waals surface area contributed by atoms with Crippen LogP contribution in [-0.4, -0.2) is 39.3 Å². The average molecular weight is 262 g/mol. The van der Waals surface area contributed by atoms with E-state index in [-0.39, 0.29) is 19.0 Å². The molecule has 0 bridgehead atoms. The van der Waals surface area contributed by atoms with E-state index in [0.717, 1.165) is 5.56 Å². The quantitative estimate of drug-likeness (QED) is 0.565. The highest BCUT2D eigenvalue weighted by Gasteiger charge is 1.99. The van der Waals surface area contributed by atoms with E-state index in [1.807, 2.05) is 24.3 Å². The van der Waals surface area contributed by atoms with Crippen molar-refractivity contribution in [3.05, 3.63) is 29.8 Å². The van der Waals surface area contributed by atoms with Gasteiger partial charge in [0.1, 0.15) is 12.4 Å². The number of rotatable bonds is 6. The van der Waals surface area contributed by atoms with Gasteiger partial charge in [-0.2, -0.15) is 0 Å². The molecule has 0 saturated carbocycles. The highest BCUT2D eigenvalue weighted by atomic mass is 16.5. The SMILES string of the molecule is COCCOc1ccccc1C#CCNC(=O)CN. The van der Waals surface area contributed by atoms with E-state index in [1.54, 1.807) is 7.11 Å². The molecule has 0 spiro atoms. The fourth-order valence-electron chi connectivity index (χ4n) is 1.29. The van der Waals surface area contributed by atoms with Crippen molar-refractivity contribution in [2.75, 3.05) is 33.4 Å². The zero-order valence-electron chi connectivity index (χ0n) is 10.9. The third-order valence-corrected chi connectivity index (χ3v) is 2.21. The Labute approximate surface area is 113 Å². The zero-order valence-corrected chi connectivity index (χ0v) is 10.9. The van der Waals surface area contributed by atoms with E-state index >= 15 is 0 Å². The minimum absolute atomic E-state index is 0.0294. The van der Waals surface area contributed by atoms with Crippen molar-refractivity contribution in [3.63, 3.8) is 0 Å². The predicted molar refractivity (Wildman–Crippen MR) is 72.8 cm³/mol. The number of nitrogens with one attached hydrogen (secondary N) is 1. The topological polar surface area (TPSA) is 73.6 Å². The fourth-order valence-corrected chi connectivity index (χ4v) is 1.29. The molecule has 102 valence electrons. The van der Waals surface area contributed by atoms with Crippen LogP contribution in [0.15, 0.2) is 24.3 Å². The molecule has 0 saturated heterocycles. The summed E-state index contributed by atoms with van der Waals surface area (Å²) in [4.78, 5) is 10.9. The number of para-hydroxylation sites is 1. The number of methoxy groups -OCH3 is 1. The largest absolute Gasteiger partial charge is 0.490 e. The number of benzene rings is 1. The number of amides is 1. The van der Waals surface area contributed by atoms with Gasteiger partial charge in [0.05, 0.1) is 25.3 Å². The summed E-state index contributed by atoms with van der Waals surface area (Å²) < 4.78 is 10.5. The first-order valence-corrected chi connectivity index (χ1v) is 5.94. The summed E-state index contributed by atoms with van der Waals surface area (Å²) >= 11 is 0. The lowest BCUT2D eigenvalue weighted by Crippen LogP contribution is -2.30. The molecule has 0 heterocycles. The molecule has 0 radical (unpaired) electrons. The lowest BCUT2D eigenvalue weighted by atomic mass is 10.2. The highest BCUT2D eigenvalue weighted by molar-refractivity contribution is 5.77. The van der Waals surface area contributed by atoms with Gasteiger partial charge in [0.2, 0.25) is 5.91 Å². The maximum atomic E-state index is 10.9. The van der Waals surface area contributed by atoms with Crippen molar-refractivity contribution in [1.29, 1.82) is 0 Å². The number of carbonyl (C=O) groups is 1. The number of carbonyl (C=O) groups excluding carboxylic acids is 1. The Morgan fingerprint density at radius 1 is 1.37 bits per heavy atom. The number of hydrogen-bond acceptors (Lipinski definition) is 4. The summed E-state index contributed by atoms with van der Waals surface area (Å²) in [6.45, 7) is 1.23. The normalized spacial score (nSPS) is 9.37. The van der Waals surface area contributed by atoms with Crippen molar-refractivity contribution >= 4 is 5.91 Å². The number of hydrogen-bond donors (Lipinski definition) is 2. The first-order valence-electron chi connectivity index (χ1n) is 5.94. The molecule has 1 aromatic rings. The Balaban J connectivity index is 2.57. The lowest BCUT2D eigenvalue weighted by molar-refractivity contribution is -0.119. The molecule has 0 aromatic heterocycles. The average Bonchev–Trinajstić information content (AvgIpc) is 2.45. The predicted octanol–water partition coefficient (Wildman–Crippen LogP) is 0.138. The second-order valence-corrected chi connectivity index (χ2v) is 3.62. The summed E-state index contributed by atoms with van der Waals surface area (Å²) in [5, 5.41) is 2.58. The van der Waals surface area contributed by atoms with E-state index in [0.29, 0.717) is 19.0 Å². The molecular formula is C14H18N2O3. The third kappa shape index (κ3) is 5.91. The first kappa shape index (κ1) is 15.0. The van der Waals surface area contributed by atoms with Crippen LogP contribution in [0.4, 0.5) is 0 Å². The number of nitrogens with two attached hydrogens (primary N) is 1. The summed E-state index contributed by atoms with van der Waals surface area (Å²) in [5.74, 6) is 6.28. The van der Waals surface area contributed by atoms with E-state index in [4.69, 9.17) is 15.2 Å². The Bertz CT molecular complexity index is 463. The highest BCUT2D eigenvalue weighted by Crippen LogP contribution is 2.16. The van der Waals surface area contributed by atoms with Crippen molar-refractivity contribution in [3.8, 4) is 17.6 Å². The molecule has 3 N–H and O–H groups in total. The Morgan fingerprint density at radius 2 is 2.16 bits per heavy atom. The molecule has 1 rings (SSSR count). The second-order valence-electron chi connectivity index (χ2n) is 3.62. The molecule has 1 aromatic carbocycles. The molecular weight excluding hydrogens is 244 g/mol. The van der Waals surface area contributed by atoms with Crippen LogP contribution in [-0.2, 0) is 9.53 Å². The minimum atomic E-state index is -0.223. The van der Waals surface area contributed by atoms with Crippen LogP contribution in [0.2, 0.25) is 0 Å². The monoisotopic (exact) mass is 262 g/mol. The zero-order chi connectivity index (χ0) is 13.9. The van der Waals surface area contributed by atoms with Gasteiger partial charge in [0.25, 0.3) is 0 Å². The van der Waals surface area contributed by atoms with Crippen LogP contribution in [0.3, 0.4) is 0 Å². The molecule has 19 heavy (non-hydrogen) atoms. The smallest absolute Gasteiger partial charge is 0.234 e. The molecule has 5 nitrogen and oxygen atoms in total. The summed E-state index contributed by atoms with van der Waals surface area (Å²) in [6, 6.07) is 7.47. The van der Waals surface area contributed by atoms with Crippen molar-refractivity contribution in [1.82, 2.24) is 5.32 Å². The number of ether oxygens (including phenoxy) is 2. The Morgan fingerprint density at radius 3 is 2.89 bits per heavy atom. The van der Waals surface area contributed by atoms with Gasteiger partial charge in [-0.15, -0.1) is 0 Å². The maximum Gasteiger partial charge on any atom is 0.234 e. The van der Waals surface area contributed by atoms with Gasteiger partial charge in [-0.1, -0.05) is 24.0 Å². The third-order valence-electron chi connectivity index (χ3n) is 2.21. The standard InChI is InChI=1S/C14H18N2O3/c1-18-9-10-19-13-7-3-2-5-12(13)6-4-8-16-14(17)11-15/h2-3,5,7H,8-11,15H2,1H3,(H,16,17). The molecule has 0 atom stereocenters. The van der Waals surface area contributed by atoms with Crippen molar-refractivity contribution < 1.29 is 14.3 Å². The Kier molecular flexibility index (Phi) is 7.10. The molecule has 0 fully saturated rings. The van der Waals surface area contributed by atoms with Crippen LogP contribution < -0.4 is 15.8 Å². The fraction of sp³-hybridized carbons (Fsp3) is 0.357. The summed E-state index contributed by atoms with van der Waals surface area (Å²) in [6.07, 6.45) is 0. The van der Waals surface area contributed by atoms with Gasteiger partial charge in [0.15, 0.2) is 0 Å². The Hall–Kier alpha value is -2.03. The van der Waals surface area contributed by atoms with Crippen molar-refractivity contribution in [2.24, 2.45) is 5.73 Å². The van der Waals surface area contributed by atoms with Gasteiger partial charge in [-0.25, -0.2) is 0 Å². The first-order chi connectivity index (χ1) is 9.27. The van der Waals surface area contributed by atoms with Gasteiger partial charge in [-0.3, -0.25) is 4.79 Å². The van der Waals surface area contributed by atoms with Crippen LogP contribution in [0, 0.1) is 11.8 Å². The van der Waals surface area contributed by atoms with Crippen LogP contribution in [0.25, 0.3) is 0 Å². The molecule has 0 aliphatic heterocycles. The van der Waals surface area contributed by atoms with Gasteiger partial charge in [0, 0.05) is 7.11 Å². The van der Waals surface area contributed by atoms with Crippen LogP contribution in [0.1, 0.15) is 5.56 Å². The molecule has 0 aliphatic rings. The van der Waals surface area contributed by atoms with Crippen LogP contribution >= 0.6 is 0 Å². The van der Waals surface area contributed by atoms with E-state index in [1.165, 1.54) is 0 Å². The summed E-state index contributed by atoms with van der Waals surface area (Å²) in [5.41, 5.74) is 5.94. The van der Waals surface area contributed by atoms with Gasteiger partial charge >= 0.3 is 0 Å². The second kappa shape index (κ2) is 8.97. The molecule has 0 aliphatic carbocycles. The van der Waals surface area contributed by atoms with E-state index < -0.39 is 0 Å². The molecule has 1 amide bonds. The van der Waals surface area contributed by atoms with E-state index in [9.17, 15) is 4.79 Å². The maximum absolute atomic E-state index is 10.9. The molecule has 5 heteroatoms. The van der Waals surface area contributed by atoms with Gasteiger partial charge < -0.3 is 20.5 Å². The minimum Gasteiger partial charge on any atom is -0.490 e. The summed E-state index contributed by atoms with van der Waals surface area (Å²) in [7, 11) is 1.62. The van der Waals surface area contributed by atoms with Crippen LogP contribution in [0.5, 0.6) is 5.75 Å². The van der Waals surface area contributed by atoms with E-state index in [2.05, 4.69) is 17.2 Å². The van der Waals surface area contributed by atoms with Crippen molar-refractivity contribution in [2.45, 2.75) is 0 Å². The van der Waals surface area contributed by atoms with Gasteiger partial charge in [-0.05, 0) is 12.1 Å². The lowest BCUT2D eigenvalue weighted by Gasteiger charge is -2.07.